The number of methoxy groups -OCH3 is 1. The van der Waals surface area contributed by atoms with Gasteiger partial charge in [-0.2, -0.15) is 0 Å². The standard InChI is InChI=1S/C10H9BrClF2NO2/c1-17-8(16)2-7-5(3-12)9(11)6(4-15-7)10(13)14/h4,10H,2-3H2,1H3. The van der Waals surface area contributed by atoms with Gasteiger partial charge in [-0.15, -0.1) is 11.6 Å². The Morgan fingerprint density at radius 3 is 2.76 bits per heavy atom. The van der Waals surface area contributed by atoms with Crippen LogP contribution in [0.15, 0.2) is 10.7 Å². The highest BCUT2D eigenvalue weighted by Crippen LogP contribution is 2.32. The molecular formula is C10H9BrClF2NO2. The van der Waals surface area contributed by atoms with E-state index in [0.717, 1.165) is 6.20 Å². The predicted octanol–water partition coefficient (Wildman–Crippen LogP) is 3.24. The van der Waals surface area contributed by atoms with Crippen molar-refractivity contribution in [2.24, 2.45) is 0 Å². The van der Waals surface area contributed by atoms with E-state index in [1.54, 1.807) is 0 Å². The highest BCUT2D eigenvalue weighted by Gasteiger charge is 2.19. The van der Waals surface area contributed by atoms with E-state index in [4.69, 9.17) is 11.6 Å². The molecule has 1 heterocycles. The quantitative estimate of drug-likeness (QED) is 0.629. The van der Waals surface area contributed by atoms with E-state index in [2.05, 4.69) is 25.7 Å². The fraction of sp³-hybridized carbons (Fsp3) is 0.400. The molecule has 0 fully saturated rings. The molecule has 94 valence electrons. The fourth-order valence-corrected chi connectivity index (χ4v) is 2.33. The lowest BCUT2D eigenvalue weighted by atomic mass is 10.1. The molecule has 0 aliphatic heterocycles. The second-order valence-electron chi connectivity index (χ2n) is 3.14. The molecule has 0 saturated carbocycles. The number of aromatic nitrogens is 1. The normalized spacial score (nSPS) is 10.7. The molecule has 1 aromatic heterocycles. The second kappa shape index (κ2) is 6.26. The van der Waals surface area contributed by atoms with Crippen molar-refractivity contribution < 1.29 is 18.3 Å². The highest BCUT2D eigenvalue weighted by atomic mass is 79.9. The largest absolute Gasteiger partial charge is 0.469 e. The first-order valence-corrected chi connectivity index (χ1v) is 5.91. The average Bonchev–Trinajstić information content (AvgIpc) is 2.28. The van der Waals surface area contributed by atoms with Gasteiger partial charge in [0.05, 0.1) is 30.7 Å². The molecule has 0 aromatic carbocycles. The van der Waals surface area contributed by atoms with Crippen LogP contribution >= 0.6 is 27.5 Å². The van der Waals surface area contributed by atoms with Crippen molar-refractivity contribution in [1.29, 1.82) is 0 Å². The van der Waals surface area contributed by atoms with Crippen LogP contribution < -0.4 is 0 Å². The number of esters is 1. The number of hydrogen-bond acceptors (Lipinski definition) is 3. The topological polar surface area (TPSA) is 39.2 Å². The fourth-order valence-electron chi connectivity index (χ4n) is 1.23. The third-order valence-corrected chi connectivity index (χ3v) is 3.34. The number of carbonyl (C=O) groups is 1. The van der Waals surface area contributed by atoms with Gasteiger partial charge in [0, 0.05) is 16.2 Å². The first-order valence-electron chi connectivity index (χ1n) is 4.58. The van der Waals surface area contributed by atoms with Crippen molar-refractivity contribution in [3.8, 4) is 0 Å². The summed E-state index contributed by atoms with van der Waals surface area (Å²) in [7, 11) is 1.24. The van der Waals surface area contributed by atoms with Gasteiger partial charge in [-0.3, -0.25) is 9.78 Å². The van der Waals surface area contributed by atoms with E-state index in [1.165, 1.54) is 7.11 Å². The maximum absolute atomic E-state index is 12.6. The zero-order valence-electron chi connectivity index (χ0n) is 8.84. The molecule has 17 heavy (non-hydrogen) atoms. The Morgan fingerprint density at radius 1 is 1.65 bits per heavy atom. The second-order valence-corrected chi connectivity index (χ2v) is 4.20. The Morgan fingerprint density at radius 2 is 2.29 bits per heavy atom. The smallest absolute Gasteiger partial charge is 0.311 e. The van der Waals surface area contributed by atoms with Crippen LogP contribution in [0.1, 0.15) is 23.2 Å². The number of nitrogens with zero attached hydrogens (tertiary/aromatic N) is 1. The van der Waals surface area contributed by atoms with Gasteiger partial charge in [-0.25, -0.2) is 8.78 Å². The molecule has 7 heteroatoms. The van der Waals surface area contributed by atoms with E-state index in [-0.39, 0.29) is 22.3 Å². The maximum atomic E-state index is 12.6. The summed E-state index contributed by atoms with van der Waals surface area (Å²) in [5.74, 6) is -0.513. The third-order valence-electron chi connectivity index (χ3n) is 2.13. The Bertz CT molecular complexity index is 429. The number of halogens is 4. The van der Waals surface area contributed by atoms with E-state index >= 15 is 0 Å². The van der Waals surface area contributed by atoms with Crippen LogP contribution in [-0.4, -0.2) is 18.1 Å². The molecule has 0 amide bonds. The van der Waals surface area contributed by atoms with Gasteiger partial charge in [-0.05, 0) is 15.9 Å². The molecule has 0 bridgehead atoms. The van der Waals surface area contributed by atoms with Gasteiger partial charge in [0.25, 0.3) is 6.43 Å². The van der Waals surface area contributed by atoms with Crippen molar-refractivity contribution in [3.05, 3.63) is 27.5 Å². The van der Waals surface area contributed by atoms with Crippen molar-refractivity contribution in [2.75, 3.05) is 7.11 Å². The highest BCUT2D eigenvalue weighted by molar-refractivity contribution is 9.10. The van der Waals surface area contributed by atoms with Crippen LogP contribution in [0.25, 0.3) is 0 Å². The molecule has 0 radical (unpaired) electrons. The van der Waals surface area contributed by atoms with E-state index in [0.29, 0.717) is 11.3 Å². The van der Waals surface area contributed by atoms with Gasteiger partial charge >= 0.3 is 5.97 Å². The number of pyridine rings is 1. The average molecular weight is 329 g/mol. The number of hydrogen-bond donors (Lipinski definition) is 0. The van der Waals surface area contributed by atoms with E-state index in [1.807, 2.05) is 0 Å². The van der Waals surface area contributed by atoms with Crippen LogP contribution in [-0.2, 0) is 21.8 Å². The molecule has 0 aliphatic carbocycles. The van der Waals surface area contributed by atoms with Crippen molar-refractivity contribution in [1.82, 2.24) is 4.98 Å². The summed E-state index contributed by atoms with van der Waals surface area (Å²) in [5, 5.41) is 0. The summed E-state index contributed by atoms with van der Waals surface area (Å²) in [6, 6.07) is 0. The van der Waals surface area contributed by atoms with Gasteiger partial charge in [0.1, 0.15) is 0 Å². The third kappa shape index (κ3) is 3.35. The summed E-state index contributed by atoms with van der Waals surface area (Å²) >= 11 is 8.72. The van der Waals surface area contributed by atoms with Crippen LogP contribution in [0.5, 0.6) is 0 Å². The number of alkyl halides is 3. The summed E-state index contributed by atoms with van der Waals surface area (Å²) < 4.78 is 29.9. The first-order chi connectivity index (χ1) is 8.01. The Kier molecular flexibility index (Phi) is 5.27. The van der Waals surface area contributed by atoms with Crippen LogP contribution in [0.3, 0.4) is 0 Å². The van der Waals surface area contributed by atoms with Crippen molar-refractivity contribution in [2.45, 2.75) is 18.7 Å². The summed E-state index contributed by atoms with van der Waals surface area (Å²) in [6.07, 6.45) is -1.71. The minimum Gasteiger partial charge on any atom is -0.469 e. The number of carbonyl (C=O) groups excluding carboxylic acids is 1. The zero-order valence-corrected chi connectivity index (χ0v) is 11.2. The molecule has 1 rings (SSSR count). The number of rotatable bonds is 4. The Balaban J connectivity index is 3.16. The molecule has 0 unspecified atom stereocenters. The SMILES string of the molecule is COC(=O)Cc1ncc(C(F)F)c(Br)c1CCl. The van der Waals surface area contributed by atoms with E-state index in [9.17, 15) is 13.6 Å². The monoisotopic (exact) mass is 327 g/mol. The molecule has 0 N–H and O–H groups in total. The lowest BCUT2D eigenvalue weighted by molar-refractivity contribution is -0.139. The van der Waals surface area contributed by atoms with Gasteiger partial charge in [0.15, 0.2) is 0 Å². The molecule has 0 spiro atoms. The minimum absolute atomic E-state index is 0.0134. The summed E-state index contributed by atoms with van der Waals surface area (Å²) in [4.78, 5) is 14.9. The molecular weight excluding hydrogens is 319 g/mol. The summed E-state index contributed by atoms with van der Waals surface area (Å²) in [5.41, 5.74) is 0.479. The Labute approximate surface area is 110 Å². The molecule has 3 nitrogen and oxygen atoms in total. The molecule has 1 aromatic rings. The van der Waals surface area contributed by atoms with Gasteiger partial charge < -0.3 is 4.74 Å². The maximum Gasteiger partial charge on any atom is 0.311 e. The van der Waals surface area contributed by atoms with Crippen molar-refractivity contribution >= 4 is 33.5 Å². The minimum atomic E-state index is -2.65. The van der Waals surface area contributed by atoms with Gasteiger partial charge in [0.2, 0.25) is 0 Å². The van der Waals surface area contributed by atoms with Crippen molar-refractivity contribution in [3.63, 3.8) is 0 Å². The zero-order chi connectivity index (χ0) is 13.0. The van der Waals surface area contributed by atoms with E-state index < -0.39 is 12.4 Å². The predicted molar refractivity (Wildman–Crippen MR) is 62.2 cm³/mol. The molecule has 0 aliphatic rings. The van der Waals surface area contributed by atoms with Crippen LogP contribution in [0, 0.1) is 0 Å². The van der Waals surface area contributed by atoms with Gasteiger partial charge in [-0.1, -0.05) is 0 Å². The molecule has 0 atom stereocenters. The molecule has 0 saturated heterocycles. The van der Waals surface area contributed by atoms with Crippen LogP contribution in [0.2, 0.25) is 0 Å². The number of ether oxygens (including phenoxy) is 1. The lowest BCUT2D eigenvalue weighted by Crippen LogP contribution is -2.10. The summed E-state index contributed by atoms with van der Waals surface area (Å²) in [6.45, 7) is 0. The Hall–Kier alpha value is -0.750. The first kappa shape index (κ1) is 14.3. The lowest BCUT2D eigenvalue weighted by Gasteiger charge is -2.11. The van der Waals surface area contributed by atoms with Crippen LogP contribution in [0.4, 0.5) is 8.78 Å².